The van der Waals surface area contributed by atoms with Gasteiger partial charge in [0.25, 0.3) is 11.8 Å². The molecule has 1 unspecified atom stereocenters. The van der Waals surface area contributed by atoms with E-state index in [0.717, 1.165) is 22.4 Å². The van der Waals surface area contributed by atoms with Gasteiger partial charge in [-0.05, 0) is 37.1 Å². The molecule has 0 aromatic carbocycles. The molecule has 1 aliphatic heterocycles. The molecule has 0 radical (unpaired) electrons. The molecule has 1 amide bonds. The summed E-state index contributed by atoms with van der Waals surface area (Å²) in [6.45, 7) is 5.18. The van der Waals surface area contributed by atoms with Crippen molar-refractivity contribution in [3.8, 4) is 10.8 Å². The molecule has 0 bridgehead atoms. The fraction of sp³-hybridized carbons (Fsp3) is 0.556. The summed E-state index contributed by atoms with van der Waals surface area (Å²) in [5.41, 5.74) is 0. The van der Waals surface area contributed by atoms with E-state index in [2.05, 4.69) is 12.0 Å². The molecule has 146 valence electrons. The minimum absolute atomic E-state index is 0.0364. The summed E-state index contributed by atoms with van der Waals surface area (Å²) < 4.78 is 11.4. The maximum atomic E-state index is 12.4. The first-order chi connectivity index (χ1) is 12.9. The molecule has 3 heterocycles. The SMILES string of the molecule is CC1CCN(C(=O)C(C)OC(=O)CCn2nc(-c3cccs3)oc2=O)CC1. The number of hydrogen-bond acceptors (Lipinski definition) is 7. The van der Waals surface area contributed by atoms with Crippen LogP contribution in [0.5, 0.6) is 0 Å². The van der Waals surface area contributed by atoms with Crippen molar-refractivity contribution in [2.45, 2.75) is 45.8 Å². The van der Waals surface area contributed by atoms with Crippen LogP contribution in [-0.2, 0) is 20.9 Å². The predicted octanol–water partition coefficient (Wildman–Crippen LogP) is 2.15. The second-order valence-corrected chi connectivity index (χ2v) is 7.71. The number of thiophene rings is 1. The summed E-state index contributed by atoms with van der Waals surface area (Å²) in [4.78, 5) is 38.7. The van der Waals surface area contributed by atoms with Gasteiger partial charge in [0.15, 0.2) is 6.10 Å². The first-order valence-electron chi connectivity index (χ1n) is 9.04. The van der Waals surface area contributed by atoms with Crippen LogP contribution in [0.1, 0.15) is 33.1 Å². The van der Waals surface area contributed by atoms with E-state index >= 15 is 0 Å². The van der Waals surface area contributed by atoms with Crippen LogP contribution < -0.4 is 5.76 Å². The third-order valence-electron chi connectivity index (χ3n) is 4.62. The lowest BCUT2D eigenvalue weighted by atomic mass is 9.99. The van der Waals surface area contributed by atoms with Crippen LogP contribution >= 0.6 is 11.3 Å². The minimum Gasteiger partial charge on any atom is -0.452 e. The summed E-state index contributed by atoms with van der Waals surface area (Å²) in [7, 11) is 0. The number of nitrogens with zero attached hydrogens (tertiary/aromatic N) is 3. The van der Waals surface area contributed by atoms with Crippen LogP contribution in [0.25, 0.3) is 10.8 Å². The monoisotopic (exact) mass is 393 g/mol. The molecule has 8 nitrogen and oxygen atoms in total. The Kier molecular flexibility index (Phi) is 6.10. The van der Waals surface area contributed by atoms with Gasteiger partial charge in [-0.25, -0.2) is 4.79 Å². The van der Waals surface area contributed by atoms with Crippen molar-refractivity contribution in [3.05, 3.63) is 28.1 Å². The Morgan fingerprint density at radius 3 is 2.81 bits per heavy atom. The highest BCUT2D eigenvalue weighted by molar-refractivity contribution is 7.13. The molecule has 3 rings (SSSR count). The van der Waals surface area contributed by atoms with Crippen LogP contribution in [0.15, 0.2) is 26.7 Å². The molecule has 1 saturated heterocycles. The Morgan fingerprint density at radius 1 is 1.41 bits per heavy atom. The average Bonchev–Trinajstić information content (AvgIpc) is 3.29. The average molecular weight is 393 g/mol. The molecule has 27 heavy (non-hydrogen) atoms. The largest absolute Gasteiger partial charge is 0.452 e. The fourth-order valence-electron chi connectivity index (χ4n) is 2.94. The predicted molar refractivity (Wildman–Crippen MR) is 99.2 cm³/mol. The first kappa shape index (κ1) is 19.3. The van der Waals surface area contributed by atoms with Gasteiger partial charge < -0.3 is 14.1 Å². The lowest BCUT2D eigenvalue weighted by Crippen LogP contribution is -2.44. The number of ether oxygens (including phenoxy) is 1. The summed E-state index contributed by atoms with van der Waals surface area (Å²) in [5, 5.41) is 5.94. The lowest BCUT2D eigenvalue weighted by molar-refractivity contribution is -0.160. The second-order valence-electron chi connectivity index (χ2n) is 6.76. The number of esters is 1. The van der Waals surface area contributed by atoms with Crippen LogP contribution in [0.4, 0.5) is 0 Å². The van der Waals surface area contributed by atoms with Crippen molar-refractivity contribution in [2.24, 2.45) is 5.92 Å². The minimum atomic E-state index is -0.832. The third kappa shape index (κ3) is 4.85. The lowest BCUT2D eigenvalue weighted by Gasteiger charge is -2.31. The van der Waals surface area contributed by atoms with E-state index in [1.807, 2.05) is 11.4 Å². The van der Waals surface area contributed by atoms with Crippen LogP contribution in [0.3, 0.4) is 0 Å². The molecular formula is C18H23N3O5S. The molecule has 0 aliphatic carbocycles. The van der Waals surface area contributed by atoms with E-state index in [1.165, 1.54) is 11.3 Å². The normalized spacial score (nSPS) is 16.3. The van der Waals surface area contributed by atoms with E-state index in [4.69, 9.17) is 9.15 Å². The number of likely N-dealkylation sites (tertiary alicyclic amines) is 1. The molecule has 1 aliphatic rings. The number of carbonyl (C=O) groups excluding carboxylic acids is 2. The molecule has 2 aromatic heterocycles. The number of aryl methyl sites for hydroxylation is 1. The topological polar surface area (TPSA) is 94.6 Å². The van der Waals surface area contributed by atoms with Gasteiger partial charge in [0.2, 0.25) is 0 Å². The van der Waals surface area contributed by atoms with Crippen molar-refractivity contribution in [1.82, 2.24) is 14.7 Å². The summed E-state index contributed by atoms with van der Waals surface area (Å²) in [6.07, 6.45) is 1.04. The van der Waals surface area contributed by atoms with E-state index in [1.54, 1.807) is 17.9 Å². The number of hydrogen-bond donors (Lipinski definition) is 0. The summed E-state index contributed by atoms with van der Waals surface area (Å²) >= 11 is 1.41. The zero-order valence-corrected chi connectivity index (χ0v) is 16.2. The van der Waals surface area contributed by atoms with Gasteiger partial charge in [-0.3, -0.25) is 9.59 Å². The fourth-order valence-corrected chi connectivity index (χ4v) is 3.58. The molecule has 0 saturated carbocycles. The molecule has 2 aromatic rings. The van der Waals surface area contributed by atoms with E-state index in [-0.39, 0.29) is 24.8 Å². The third-order valence-corrected chi connectivity index (χ3v) is 5.48. The number of carbonyl (C=O) groups is 2. The number of amides is 1. The van der Waals surface area contributed by atoms with Gasteiger partial charge >= 0.3 is 11.7 Å². The zero-order valence-electron chi connectivity index (χ0n) is 15.4. The highest BCUT2D eigenvalue weighted by Gasteiger charge is 2.26. The first-order valence-corrected chi connectivity index (χ1v) is 9.92. The zero-order chi connectivity index (χ0) is 19.4. The van der Waals surface area contributed by atoms with Gasteiger partial charge in [0, 0.05) is 13.1 Å². The van der Waals surface area contributed by atoms with Crippen molar-refractivity contribution in [1.29, 1.82) is 0 Å². The van der Waals surface area contributed by atoms with Crippen LogP contribution in [0, 0.1) is 5.92 Å². The number of piperidine rings is 1. The highest BCUT2D eigenvalue weighted by Crippen LogP contribution is 2.21. The Hall–Kier alpha value is -2.42. The van der Waals surface area contributed by atoms with Crippen LogP contribution in [-0.4, -0.2) is 45.8 Å². The maximum absolute atomic E-state index is 12.4. The molecule has 0 spiro atoms. The number of rotatable bonds is 6. The quantitative estimate of drug-likeness (QED) is 0.698. The van der Waals surface area contributed by atoms with Crippen molar-refractivity contribution in [2.75, 3.05) is 13.1 Å². The van der Waals surface area contributed by atoms with Crippen molar-refractivity contribution >= 4 is 23.2 Å². The smallest absolute Gasteiger partial charge is 0.437 e. The van der Waals surface area contributed by atoms with Gasteiger partial charge in [-0.1, -0.05) is 13.0 Å². The Bertz CT molecular complexity index is 834. The Balaban J connectivity index is 1.49. The van der Waals surface area contributed by atoms with E-state index in [0.29, 0.717) is 19.0 Å². The van der Waals surface area contributed by atoms with E-state index in [9.17, 15) is 14.4 Å². The maximum Gasteiger partial charge on any atom is 0.437 e. The van der Waals surface area contributed by atoms with Gasteiger partial charge in [0.05, 0.1) is 17.8 Å². The van der Waals surface area contributed by atoms with Crippen molar-refractivity contribution in [3.63, 3.8) is 0 Å². The summed E-state index contributed by atoms with van der Waals surface area (Å²) in [5.74, 6) is -0.501. The molecular weight excluding hydrogens is 370 g/mol. The molecule has 9 heteroatoms. The standard InChI is InChI=1S/C18H23N3O5S/c1-12-5-8-20(9-6-12)17(23)13(2)25-15(22)7-10-21-18(24)26-16(19-21)14-4-3-11-27-14/h3-4,11-13H,5-10H2,1-2H3. The van der Waals surface area contributed by atoms with E-state index < -0.39 is 17.8 Å². The number of aromatic nitrogens is 2. The molecule has 1 atom stereocenters. The molecule has 0 N–H and O–H groups in total. The van der Waals surface area contributed by atoms with Crippen molar-refractivity contribution < 1.29 is 18.7 Å². The Morgan fingerprint density at radius 2 is 2.15 bits per heavy atom. The van der Waals surface area contributed by atoms with Gasteiger partial charge in [-0.15, -0.1) is 16.4 Å². The highest BCUT2D eigenvalue weighted by atomic mass is 32.1. The molecule has 1 fully saturated rings. The summed E-state index contributed by atoms with van der Waals surface area (Å²) in [6, 6.07) is 3.63. The van der Waals surface area contributed by atoms with Gasteiger partial charge in [-0.2, -0.15) is 4.68 Å². The van der Waals surface area contributed by atoms with Crippen LogP contribution in [0.2, 0.25) is 0 Å². The van der Waals surface area contributed by atoms with Gasteiger partial charge in [0.1, 0.15) is 0 Å². The Labute approximate surface area is 160 Å². The second kappa shape index (κ2) is 8.51.